The number of alkyl carbamates (subject to hydrolysis) is 1. The summed E-state index contributed by atoms with van der Waals surface area (Å²) in [6, 6.07) is 5.58. The standard InChI is InChI=1S/C25H35F3N4O2/c1-24(2,3)34-23(33)30-21-6-4-18(5-7-21)8-9-31-10-12-32(13-11-31)22-15-19(17-29)14-20(16-22)25(26,27)28/h14-16,18,21H,4-13H2,1-3H3,(H,30,33). The summed E-state index contributed by atoms with van der Waals surface area (Å²) >= 11 is 0. The highest BCUT2D eigenvalue weighted by Crippen LogP contribution is 2.33. The summed E-state index contributed by atoms with van der Waals surface area (Å²) in [5.41, 5.74) is -0.781. The number of amides is 1. The van der Waals surface area contributed by atoms with E-state index in [0.717, 1.165) is 63.9 Å². The van der Waals surface area contributed by atoms with Crippen LogP contribution in [-0.2, 0) is 10.9 Å². The van der Waals surface area contributed by atoms with Gasteiger partial charge in [-0.2, -0.15) is 18.4 Å². The van der Waals surface area contributed by atoms with E-state index in [9.17, 15) is 18.0 Å². The summed E-state index contributed by atoms with van der Waals surface area (Å²) in [6.07, 6.45) is 0.314. The van der Waals surface area contributed by atoms with Crippen molar-refractivity contribution in [1.29, 1.82) is 5.26 Å². The van der Waals surface area contributed by atoms with Crippen LogP contribution in [0.25, 0.3) is 0 Å². The Bertz CT molecular complexity index is 876. The number of hydrogen-bond donors (Lipinski definition) is 1. The van der Waals surface area contributed by atoms with Crippen molar-refractivity contribution in [3.8, 4) is 6.07 Å². The Kier molecular flexibility index (Phi) is 8.34. The number of alkyl halides is 3. The minimum atomic E-state index is -4.47. The third kappa shape index (κ3) is 7.79. The van der Waals surface area contributed by atoms with Crippen molar-refractivity contribution in [2.75, 3.05) is 37.6 Å². The van der Waals surface area contributed by atoms with Crippen LogP contribution in [0.1, 0.15) is 64.0 Å². The molecule has 188 valence electrons. The summed E-state index contributed by atoms with van der Waals surface area (Å²) in [5, 5.41) is 12.1. The number of halogens is 3. The average molecular weight is 481 g/mol. The Labute approximate surface area is 200 Å². The summed E-state index contributed by atoms with van der Waals surface area (Å²) in [4.78, 5) is 16.2. The van der Waals surface area contributed by atoms with Gasteiger partial charge in [-0.1, -0.05) is 0 Å². The molecule has 0 spiro atoms. The van der Waals surface area contributed by atoms with Gasteiger partial charge in [0.2, 0.25) is 0 Å². The van der Waals surface area contributed by atoms with Crippen LogP contribution in [-0.4, -0.2) is 55.4 Å². The molecule has 1 aromatic rings. The first-order valence-electron chi connectivity index (χ1n) is 12.0. The highest BCUT2D eigenvalue weighted by molar-refractivity contribution is 5.68. The van der Waals surface area contributed by atoms with Gasteiger partial charge >= 0.3 is 12.3 Å². The van der Waals surface area contributed by atoms with Crippen LogP contribution in [0, 0.1) is 17.2 Å². The van der Waals surface area contributed by atoms with Gasteiger partial charge in [-0.25, -0.2) is 4.79 Å². The first-order chi connectivity index (χ1) is 15.9. The lowest BCUT2D eigenvalue weighted by molar-refractivity contribution is -0.137. The lowest BCUT2D eigenvalue weighted by atomic mass is 9.84. The molecule has 1 aliphatic heterocycles. The van der Waals surface area contributed by atoms with E-state index in [-0.39, 0.29) is 17.7 Å². The Morgan fingerprint density at radius 1 is 1.09 bits per heavy atom. The molecule has 1 amide bonds. The number of nitriles is 1. The lowest BCUT2D eigenvalue weighted by Crippen LogP contribution is -2.47. The molecule has 3 rings (SSSR count). The first-order valence-corrected chi connectivity index (χ1v) is 12.0. The van der Waals surface area contributed by atoms with Crippen molar-refractivity contribution >= 4 is 11.8 Å². The predicted molar refractivity (Wildman–Crippen MR) is 125 cm³/mol. The number of carbonyl (C=O) groups excluding carboxylic acids is 1. The van der Waals surface area contributed by atoms with Gasteiger partial charge < -0.3 is 15.0 Å². The van der Waals surface area contributed by atoms with E-state index in [1.54, 1.807) is 0 Å². The number of rotatable bonds is 5. The van der Waals surface area contributed by atoms with Crippen LogP contribution >= 0.6 is 0 Å². The van der Waals surface area contributed by atoms with E-state index in [0.29, 0.717) is 24.7 Å². The second-order valence-electron chi connectivity index (χ2n) is 10.4. The molecule has 0 bridgehead atoms. The van der Waals surface area contributed by atoms with Crippen molar-refractivity contribution in [3.05, 3.63) is 29.3 Å². The molecule has 1 aliphatic carbocycles. The molecule has 2 aliphatic rings. The number of nitrogens with one attached hydrogen (secondary N) is 1. The van der Waals surface area contributed by atoms with Crippen LogP contribution < -0.4 is 10.2 Å². The largest absolute Gasteiger partial charge is 0.444 e. The van der Waals surface area contributed by atoms with Gasteiger partial charge in [-0.15, -0.1) is 0 Å². The van der Waals surface area contributed by atoms with E-state index >= 15 is 0 Å². The molecule has 34 heavy (non-hydrogen) atoms. The molecule has 0 atom stereocenters. The number of anilines is 1. The minimum absolute atomic E-state index is 0.0315. The second-order valence-corrected chi connectivity index (χ2v) is 10.4. The van der Waals surface area contributed by atoms with E-state index in [4.69, 9.17) is 10.00 Å². The molecule has 0 radical (unpaired) electrons. The van der Waals surface area contributed by atoms with Crippen molar-refractivity contribution in [2.45, 2.75) is 70.7 Å². The fourth-order valence-corrected chi connectivity index (χ4v) is 4.69. The molecule has 1 saturated carbocycles. The highest BCUT2D eigenvalue weighted by atomic mass is 19.4. The molecule has 0 unspecified atom stereocenters. The Balaban J connectivity index is 1.41. The Morgan fingerprint density at radius 2 is 1.74 bits per heavy atom. The number of ether oxygens (including phenoxy) is 1. The lowest BCUT2D eigenvalue weighted by Gasteiger charge is -2.37. The van der Waals surface area contributed by atoms with Crippen LogP contribution in [0.2, 0.25) is 0 Å². The number of benzene rings is 1. The molecule has 1 heterocycles. The number of hydrogen-bond acceptors (Lipinski definition) is 5. The fourth-order valence-electron chi connectivity index (χ4n) is 4.69. The minimum Gasteiger partial charge on any atom is -0.444 e. The summed E-state index contributed by atoms with van der Waals surface area (Å²) < 4.78 is 44.9. The fraction of sp³-hybridized carbons (Fsp3) is 0.680. The smallest absolute Gasteiger partial charge is 0.416 e. The number of nitrogens with zero attached hydrogens (tertiary/aromatic N) is 3. The number of piperazine rings is 1. The second kappa shape index (κ2) is 10.9. The monoisotopic (exact) mass is 480 g/mol. The zero-order valence-corrected chi connectivity index (χ0v) is 20.2. The van der Waals surface area contributed by atoms with Crippen LogP contribution in [0.3, 0.4) is 0 Å². The van der Waals surface area contributed by atoms with Gasteiger partial charge in [0.1, 0.15) is 5.60 Å². The quantitative estimate of drug-likeness (QED) is 0.630. The SMILES string of the molecule is CC(C)(C)OC(=O)NC1CCC(CCN2CCN(c3cc(C#N)cc(C(F)(F)F)c3)CC2)CC1. The van der Waals surface area contributed by atoms with Crippen LogP contribution in [0.4, 0.5) is 23.7 Å². The average Bonchev–Trinajstić information content (AvgIpc) is 2.76. The Hall–Kier alpha value is -2.47. The zero-order chi connectivity index (χ0) is 24.9. The van der Waals surface area contributed by atoms with Crippen molar-refractivity contribution in [1.82, 2.24) is 10.2 Å². The third-order valence-electron chi connectivity index (χ3n) is 6.53. The molecule has 1 saturated heterocycles. The van der Waals surface area contributed by atoms with Gasteiger partial charge in [0, 0.05) is 37.9 Å². The van der Waals surface area contributed by atoms with Crippen molar-refractivity contribution < 1.29 is 22.7 Å². The Morgan fingerprint density at radius 3 is 2.29 bits per heavy atom. The molecule has 0 aromatic heterocycles. The van der Waals surface area contributed by atoms with Gasteiger partial charge in [-0.3, -0.25) is 4.90 Å². The van der Waals surface area contributed by atoms with E-state index < -0.39 is 17.3 Å². The molecule has 6 nitrogen and oxygen atoms in total. The number of carbonyl (C=O) groups is 1. The predicted octanol–water partition coefficient (Wildman–Crippen LogP) is 5.17. The van der Waals surface area contributed by atoms with Crippen LogP contribution in [0.5, 0.6) is 0 Å². The van der Waals surface area contributed by atoms with Gasteiger partial charge in [0.15, 0.2) is 0 Å². The van der Waals surface area contributed by atoms with Gasteiger partial charge in [0.05, 0.1) is 17.2 Å². The van der Waals surface area contributed by atoms with Crippen molar-refractivity contribution in [3.63, 3.8) is 0 Å². The molecule has 1 aromatic carbocycles. The summed E-state index contributed by atoms with van der Waals surface area (Å²) in [6.45, 7) is 9.37. The van der Waals surface area contributed by atoms with Gasteiger partial charge in [-0.05, 0) is 83.5 Å². The van der Waals surface area contributed by atoms with E-state index in [2.05, 4.69) is 10.2 Å². The third-order valence-corrected chi connectivity index (χ3v) is 6.53. The first kappa shape index (κ1) is 26.1. The van der Waals surface area contributed by atoms with Crippen LogP contribution in [0.15, 0.2) is 18.2 Å². The van der Waals surface area contributed by atoms with Gasteiger partial charge in [0.25, 0.3) is 0 Å². The maximum absolute atomic E-state index is 13.2. The van der Waals surface area contributed by atoms with E-state index in [1.165, 1.54) is 6.07 Å². The molecular formula is C25H35F3N4O2. The van der Waals surface area contributed by atoms with Crippen molar-refractivity contribution in [2.24, 2.45) is 5.92 Å². The molecule has 1 N–H and O–H groups in total. The normalized spacial score (nSPS) is 22.2. The molecular weight excluding hydrogens is 445 g/mol. The highest BCUT2D eigenvalue weighted by Gasteiger charge is 2.32. The summed E-state index contributed by atoms with van der Waals surface area (Å²) in [7, 11) is 0. The zero-order valence-electron chi connectivity index (χ0n) is 20.2. The van der Waals surface area contributed by atoms with E-state index in [1.807, 2.05) is 31.7 Å². The summed E-state index contributed by atoms with van der Waals surface area (Å²) in [5.74, 6) is 0.622. The molecule has 9 heteroatoms. The maximum Gasteiger partial charge on any atom is 0.416 e. The molecule has 2 fully saturated rings. The topological polar surface area (TPSA) is 68.6 Å². The maximum atomic E-state index is 13.2.